The van der Waals surface area contributed by atoms with E-state index >= 15 is 0 Å². The molecule has 0 amide bonds. The molecule has 1 aromatic rings. The lowest BCUT2D eigenvalue weighted by Gasteiger charge is -2.25. The average molecular weight is 197 g/mol. The number of aliphatic hydroxyl groups excluding tert-OH is 1. The van der Waals surface area contributed by atoms with Crippen LogP contribution in [-0.4, -0.2) is 27.5 Å². The van der Waals surface area contributed by atoms with E-state index in [1.54, 1.807) is 4.68 Å². The Morgan fingerprint density at radius 2 is 2.21 bits per heavy atom. The van der Waals surface area contributed by atoms with Crippen molar-refractivity contribution in [3.05, 3.63) is 12.3 Å². The first kappa shape index (κ1) is 11.0. The summed E-state index contributed by atoms with van der Waals surface area (Å²) in [6.07, 6.45) is 1.50. The van der Waals surface area contributed by atoms with Crippen molar-refractivity contribution in [2.24, 2.45) is 12.5 Å². The number of hydrogen-bond acceptors (Lipinski definition) is 3. The molecule has 4 nitrogen and oxygen atoms in total. The Labute approximate surface area is 84.9 Å². The predicted molar refractivity (Wildman–Crippen MR) is 57.2 cm³/mol. The third kappa shape index (κ3) is 3.03. The van der Waals surface area contributed by atoms with Crippen LogP contribution in [0.5, 0.6) is 0 Å². The number of aromatic nitrogens is 2. The van der Waals surface area contributed by atoms with E-state index in [2.05, 4.69) is 10.4 Å². The Balaban J connectivity index is 2.41. The van der Waals surface area contributed by atoms with Crippen LogP contribution in [0.3, 0.4) is 0 Å². The highest BCUT2D eigenvalue weighted by molar-refractivity contribution is 5.32. The second kappa shape index (κ2) is 4.00. The van der Waals surface area contributed by atoms with Gasteiger partial charge in [-0.3, -0.25) is 4.68 Å². The Morgan fingerprint density at radius 1 is 1.57 bits per heavy atom. The molecular formula is C10H19N3O. The molecule has 0 aromatic carbocycles. The maximum absolute atomic E-state index is 9.76. The first-order valence-electron chi connectivity index (χ1n) is 4.81. The molecule has 0 spiro atoms. The van der Waals surface area contributed by atoms with E-state index in [1.165, 1.54) is 0 Å². The number of aryl methyl sites for hydroxylation is 1. The molecule has 1 aromatic heterocycles. The number of nitrogens with zero attached hydrogens (tertiary/aromatic N) is 2. The molecule has 0 aliphatic heterocycles. The molecule has 0 saturated carbocycles. The fourth-order valence-electron chi connectivity index (χ4n) is 1.02. The second-order valence-corrected chi connectivity index (χ2v) is 4.64. The quantitative estimate of drug-likeness (QED) is 0.766. The summed E-state index contributed by atoms with van der Waals surface area (Å²) in [6, 6.07) is 1.88. The van der Waals surface area contributed by atoms with Crippen LogP contribution in [0.4, 0.5) is 5.82 Å². The van der Waals surface area contributed by atoms with Gasteiger partial charge in [-0.2, -0.15) is 5.10 Å². The third-order valence-corrected chi connectivity index (χ3v) is 2.19. The van der Waals surface area contributed by atoms with E-state index in [4.69, 9.17) is 0 Å². The number of aliphatic hydroxyl groups is 1. The lowest BCUT2D eigenvalue weighted by molar-refractivity contribution is 0.0745. The molecule has 1 heterocycles. The Hall–Kier alpha value is -1.03. The fourth-order valence-corrected chi connectivity index (χ4v) is 1.02. The van der Waals surface area contributed by atoms with Gasteiger partial charge < -0.3 is 10.4 Å². The summed E-state index contributed by atoms with van der Waals surface area (Å²) >= 11 is 0. The molecule has 1 atom stereocenters. The van der Waals surface area contributed by atoms with E-state index in [0.29, 0.717) is 6.54 Å². The molecule has 14 heavy (non-hydrogen) atoms. The van der Waals surface area contributed by atoms with Crippen molar-refractivity contribution >= 4 is 5.82 Å². The summed E-state index contributed by atoms with van der Waals surface area (Å²) in [5.41, 5.74) is -0.0955. The van der Waals surface area contributed by atoms with Crippen LogP contribution in [0.15, 0.2) is 12.3 Å². The predicted octanol–water partition coefficient (Wildman–Crippen LogP) is 1.24. The largest absolute Gasteiger partial charge is 0.391 e. The molecule has 80 valence electrons. The zero-order chi connectivity index (χ0) is 10.8. The van der Waals surface area contributed by atoms with Crippen molar-refractivity contribution < 1.29 is 5.11 Å². The molecule has 1 rings (SSSR count). The van der Waals surface area contributed by atoms with Crippen LogP contribution in [0.2, 0.25) is 0 Å². The van der Waals surface area contributed by atoms with E-state index < -0.39 is 0 Å². The standard InChI is InChI=1S/C10H19N3O/c1-10(2,3)8(14)7-11-9-5-6-13(4)12-9/h5-6,8,14H,7H2,1-4H3,(H,11,12). The molecule has 0 saturated heterocycles. The van der Waals surface area contributed by atoms with Gasteiger partial charge in [0.25, 0.3) is 0 Å². The normalized spacial score (nSPS) is 14.1. The first-order chi connectivity index (χ1) is 6.39. The van der Waals surface area contributed by atoms with E-state index in [9.17, 15) is 5.11 Å². The zero-order valence-corrected chi connectivity index (χ0v) is 9.28. The van der Waals surface area contributed by atoms with Crippen LogP contribution in [0.1, 0.15) is 20.8 Å². The Bertz CT molecular complexity index is 288. The van der Waals surface area contributed by atoms with Crippen LogP contribution >= 0.6 is 0 Å². The van der Waals surface area contributed by atoms with Crippen molar-refractivity contribution in [3.8, 4) is 0 Å². The van der Waals surface area contributed by atoms with Gasteiger partial charge in [-0.05, 0) is 5.41 Å². The molecule has 0 aliphatic rings. The van der Waals surface area contributed by atoms with E-state index in [0.717, 1.165) is 5.82 Å². The van der Waals surface area contributed by atoms with E-state index in [1.807, 2.05) is 40.1 Å². The van der Waals surface area contributed by atoms with Gasteiger partial charge >= 0.3 is 0 Å². The minimum atomic E-state index is -0.371. The smallest absolute Gasteiger partial charge is 0.148 e. The second-order valence-electron chi connectivity index (χ2n) is 4.64. The molecule has 0 bridgehead atoms. The van der Waals surface area contributed by atoms with Crippen LogP contribution in [-0.2, 0) is 7.05 Å². The first-order valence-corrected chi connectivity index (χ1v) is 4.81. The van der Waals surface area contributed by atoms with Crippen molar-refractivity contribution in [1.82, 2.24) is 9.78 Å². The summed E-state index contributed by atoms with van der Waals surface area (Å²) in [7, 11) is 1.87. The maximum Gasteiger partial charge on any atom is 0.148 e. The van der Waals surface area contributed by atoms with Crippen molar-refractivity contribution in [2.45, 2.75) is 26.9 Å². The van der Waals surface area contributed by atoms with Crippen molar-refractivity contribution in [2.75, 3.05) is 11.9 Å². The Morgan fingerprint density at radius 3 is 2.64 bits per heavy atom. The molecule has 4 heteroatoms. The fraction of sp³-hybridized carbons (Fsp3) is 0.700. The summed E-state index contributed by atoms with van der Waals surface area (Å²) in [5.74, 6) is 0.802. The zero-order valence-electron chi connectivity index (χ0n) is 9.28. The number of hydrogen-bond donors (Lipinski definition) is 2. The lowest BCUT2D eigenvalue weighted by Crippen LogP contribution is -2.32. The third-order valence-electron chi connectivity index (χ3n) is 2.19. The topological polar surface area (TPSA) is 50.1 Å². The Kier molecular flexibility index (Phi) is 3.16. The van der Waals surface area contributed by atoms with Gasteiger partial charge in [0.1, 0.15) is 5.82 Å². The van der Waals surface area contributed by atoms with Crippen molar-refractivity contribution in [1.29, 1.82) is 0 Å². The number of nitrogens with one attached hydrogen (secondary N) is 1. The number of rotatable bonds is 3. The minimum absolute atomic E-state index is 0.0955. The highest BCUT2D eigenvalue weighted by Gasteiger charge is 2.21. The molecule has 0 radical (unpaired) electrons. The van der Waals surface area contributed by atoms with Gasteiger partial charge in [0.15, 0.2) is 0 Å². The monoisotopic (exact) mass is 197 g/mol. The SMILES string of the molecule is Cn1ccc(NCC(O)C(C)(C)C)n1. The summed E-state index contributed by atoms with van der Waals surface area (Å²) < 4.78 is 1.73. The molecule has 0 aliphatic carbocycles. The molecular weight excluding hydrogens is 178 g/mol. The molecule has 2 N–H and O–H groups in total. The van der Waals surface area contributed by atoms with Crippen LogP contribution in [0, 0.1) is 5.41 Å². The maximum atomic E-state index is 9.76. The van der Waals surface area contributed by atoms with Gasteiger partial charge in [-0.15, -0.1) is 0 Å². The molecule has 0 fully saturated rings. The lowest BCUT2D eigenvalue weighted by atomic mass is 9.89. The highest BCUT2D eigenvalue weighted by atomic mass is 16.3. The van der Waals surface area contributed by atoms with Gasteiger partial charge in [0, 0.05) is 25.9 Å². The van der Waals surface area contributed by atoms with Gasteiger partial charge in [0.2, 0.25) is 0 Å². The summed E-state index contributed by atoms with van der Waals surface area (Å²) in [5, 5.41) is 17.0. The van der Waals surface area contributed by atoms with Crippen LogP contribution < -0.4 is 5.32 Å². The van der Waals surface area contributed by atoms with Gasteiger partial charge in [0.05, 0.1) is 6.10 Å². The highest BCUT2D eigenvalue weighted by Crippen LogP contribution is 2.19. The van der Waals surface area contributed by atoms with E-state index in [-0.39, 0.29) is 11.5 Å². The van der Waals surface area contributed by atoms with Crippen LogP contribution in [0.25, 0.3) is 0 Å². The van der Waals surface area contributed by atoms with Crippen molar-refractivity contribution in [3.63, 3.8) is 0 Å². The number of anilines is 1. The summed E-state index contributed by atoms with van der Waals surface area (Å²) in [4.78, 5) is 0. The minimum Gasteiger partial charge on any atom is -0.391 e. The average Bonchev–Trinajstić information content (AvgIpc) is 2.45. The van der Waals surface area contributed by atoms with Gasteiger partial charge in [-0.25, -0.2) is 0 Å². The molecule has 1 unspecified atom stereocenters. The van der Waals surface area contributed by atoms with Gasteiger partial charge in [-0.1, -0.05) is 20.8 Å². The summed E-state index contributed by atoms with van der Waals surface area (Å²) in [6.45, 7) is 6.56.